The minimum atomic E-state index is 0.530. The zero-order valence-electron chi connectivity index (χ0n) is 13.2. The Morgan fingerprint density at radius 3 is 2.71 bits per heavy atom. The first-order chi connectivity index (χ1) is 10.2. The number of aromatic amines is 1. The molecule has 21 heavy (non-hydrogen) atoms. The van der Waals surface area contributed by atoms with E-state index in [1.807, 2.05) is 0 Å². The lowest BCUT2D eigenvalue weighted by atomic mass is 10.2. The second kappa shape index (κ2) is 6.48. The van der Waals surface area contributed by atoms with Gasteiger partial charge in [0.05, 0.1) is 0 Å². The molecule has 2 fully saturated rings. The molecule has 0 radical (unpaired) electrons. The fourth-order valence-electron chi connectivity index (χ4n) is 3.85. The van der Waals surface area contributed by atoms with Gasteiger partial charge in [0.25, 0.3) is 0 Å². The molecule has 0 bridgehead atoms. The van der Waals surface area contributed by atoms with E-state index in [0.29, 0.717) is 12.1 Å². The van der Waals surface area contributed by atoms with E-state index >= 15 is 0 Å². The van der Waals surface area contributed by atoms with E-state index in [-0.39, 0.29) is 0 Å². The Morgan fingerprint density at radius 2 is 2.00 bits per heavy atom. The van der Waals surface area contributed by atoms with E-state index in [9.17, 15) is 0 Å². The van der Waals surface area contributed by atoms with Crippen molar-refractivity contribution < 1.29 is 0 Å². The van der Waals surface area contributed by atoms with Gasteiger partial charge in [-0.1, -0.05) is 19.8 Å². The van der Waals surface area contributed by atoms with Gasteiger partial charge in [0.1, 0.15) is 0 Å². The molecular weight excluding hydrogens is 282 g/mol. The summed E-state index contributed by atoms with van der Waals surface area (Å²) < 4.78 is 3.10. The zero-order chi connectivity index (χ0) is 14.8. The highest BCUT2D eigenvalue weighted by Gasteiger charge is 2.29. The molecule has 6 heteroatoms. The number of aromatic nitrogens is 3. The molecule has 5 nitrogen and oxygen atoms in total. The van der Waals surface area contributed by atoms with Gasteiger partial charge < -0.3 is 9.80 Å². The summed E-state index contributed by atoms with van der Waals surface area (Å²) in [6, 6.07) is 1.08. The molecule has 1 aromatic heterocycles. The number of rotatable bonds is 3. The average molecular weight is 309 g/mol. The van der Waals surface area contributed by atoms with E-state index in [1.165, 1.54) is 38.6 Å². The van der Waals surface area contributed by atoms with Crippen molar-refractivity contribution in [2.75, 3.05) is 31.6 Å². The highest BCUT2D eigenvalue weighted by atomic mass is 32.1. The normalized spacial score (nSPS) is 25.4. The molecule has 1 unspecified atom stereocenters. The maximum atomic E-state index is 5.52. The minimum Gasteiger partial charge on any atom is -0.337 e. The van der Waals surface area contributed by atoms with Crippen LogP contribution in [0.1, 0.15) is 51.5 Å². The summed E-state index contributed by atoms with van der Waals surface area (Å²) in [5.41, 5.74) is 0. The molecule has 1 N–H and O–H groups in total. The number of nitrogens with zero attached hydrogens (tertiary/aromatic N) is 4. The molecule has 118 valence electrons. The lowest BCUT2D eigenvalue weighted by Gasteiger charge is -2.32. The molecule has 3 rings (SSSR count). The van der Waals surface area contributed by atoms with Gasteiger partial charge in [-0.25, -0.2) is 5.10 Å². The molecule has 1 aliphatic carbocycles. The summed E-state index contributed by atoms with van der Waals surface area (Å²) in [5.74, 6) is 1.08. The summed E-state index contributed by atoms with van der Waals surface area (Å²) in [6.45, 7) is 5.63. The highest BCUT2D eigenvalue weighted by molar-refractivity contribution is 7.71. The van der Waals surface area contributed by atoms with Crippen LogP contribution in [0.3, 0.4) is 0 Å². The van der Waals surface area contributed by atoms with Gasteiger partial charge in [-0.2, -0.15) is 0 Å². The van der Waals surface area contributed by atoms with E-state index in [0.717, 1.165) is 30.2 Å². The average Bonchev–Trinajstić information content (AvgIpc) is 3.06. The van der Waals surface area contributed by atoms with Crippen molar-refractivity contribution in [3.05, 3.63) is 4.77 Å². The quantitative estimate of drug-likeness (QED) is 0.872. The predicted octanol–water partition coefficient (Wildman–Crippen LogP) is 2.98. The second-order valence-corrected chi connectivity index (χ2v) is 6.90. The van der Waals surface area contributed by atoms with Gasteiger partial charge in [0, 0.05) is 25.2 Å². The Balaban J connectivity index is 1.92. The van der Waals surface area contributed by atoms with Crippen LogP contribution in [0.25, 0.3) is 0 Å². The maximum Gasteiger partial charge on any atom is 0.226 e. The number of likely N-dealkylation sites (N-methyl/N-ethyl adjacent to an activating group) is 1. The van der Waals surface area contributed by atoms with E-state index in [1.54, 1.807) is 0 Å². The van der Waals surface area contributed by atoms with E-state index in [4.69, 9.17) is 12.2 Å². The van der Waals surface area contributed by atoms with E-state index < -0.39 is 0 Å². The molecule has 0 spiro atoms. The summed E-state index contributed by atoms with van der Waals surface area (Å²) in [5, 5.41) is 7.65. The molecule has 1 aliphatic heterocycles. The van der Waals surface area contributed by atoms with Crippen LogP contribution < -0.4 is 4.90 Å². The van der Waals surface area contributed by atoms with Crippen molar-refractivity contribution in [1.29, 1.82) is 0 Å². The summed E-state index contributed by atoms with van der Waals surface area (Å²) in [6.07, 6.45) is 7.46. The topological polar surface area (TPSA) is 40.1 Å². The first-order valence-electron chi connectivity index (χ1n) is 8.32. The fraction of sp³-hybridized carbons (Fsp3) is 0.867. The van der Waals surface area contributed by atoms with Crippen LogP contribution in [-0.4, -0.2) is 52.4 Å². The molecule has 1 saturated carbocycles. The van der Waals surface area contributed by atoms with Crippen molar-refractivity contribution in [3.63, 3.8) is 0 Å². The monoisotopic (exact) mass is 309 g/mol. The van der Waals surface area contributed by atoms with Gasteiger partial charge in [0.2, 0.25) is 5.95 Å². The summed E-state index contributed by atoms with van der Waals surface area (Å²) in [7, 11) is 2.22. The Kier molecular flexibility index (Phi) is 4.64. The Hall–Kier alpha value is -0.880. The Bertz CT molecular complexity index is 516. The van der Waals surface area contributed by atoms with Crippen LogP contribution in [0.5, 0.6) is 0 Å². The third-order valence-corrected chi connectivity index (χ3v) is 5.29. The second-order valence-electron chi connectivity index (χ2n) is 6.51. The van der Waals surface area contributed by atoms with Crippen LogP contribution in [0.15, 0.2) is 0 Å². The molecule has 1 atom stereocenters. The lowest BCUT2D eigenvalue weighted by molar-refractivity contribution is 0.326. The first-order valence-corrected chi connectivity index (χ1v) is 8.73. The number of hydrogen-bond donors (Lipinski definition) is 1. The third-order valence-electron chi connectivity index (χ3n) is 5.01. The van der Waals surface area contributed by atoms with E-state index in [2.05, 4.69) is 38.5 Å². The molecule has 0 aromatic carbocycles. The van der Waals surface area contributed by atoms with Crippen LogP contribution in [0, 0.1) is 4.77 Å². The zero-order valence-corrected chi connectivity index (χ0v) is 14.0. The predicted molar refractivity (Wildman–Crippen MR) is 88.5 cm³/mol. The van der Waals surface area contributed by atoms with Crippen LogP contribution in [-0.2, 0) is 0 Å². The van der Waals surface area contributed by atoms with Crippen LogP contribution in [0.4, 0.5) is 5.95 Å². The van der Waals surface area contributed by atoms with Crippen LogP contribution in [0.2, 0.25) is 0 Å². The summed E-state index contributed by atoms with van der Waals surface area (Å²) in [4.78, 5) is 4.93. The number of anilines is 1. The minimum absolute atomic E-state index is 0.530. The van der Waals surface area contributed by atoms with Crippen molar-refractivity contribution in [1.82, 2.24) is 19.7 Å². The SMILES string of the molecule is CCC1CN(C)CCCN1c1n[nH]c(=S)n1C1CCCC1. The van der Waals surface area contributed by atoms with Gasteiger partial charge in [-0.15, -0.1) is 5.10 Å². The number of nitrogens with one attached hydrogen (secondary N) is 1. The Morgan fingerprint density at radius 1 is 1.24 bits per heavy atom. The van der Waals surface area contributed by atoms with Gasteiger partial charge in [-0.05, 0) is 51.5 Å². The smallest absolute Gasteiger partial charge is 0.226 e. The van der Waals surface area contributed by atoms with Crippen molar-refractivity contribution in [2.24, 2.45) is 0 Å². The van der Waals surface area contributed by atoms with Gasteiger partial charge in [-0.3, -0.25) is 4.57 Å². The fourth-order valence-corrected chi connectivity index (χ4v) is 4.12. The number of hydrogen-bond acceptors (Lipinski definition) is 4. The van der Waals surface area contributed by atoms with Gasteiger partial charge in [0.15, 0.2) is 4.77 Å². The Labute approximate surface area is 132 Å². The largest absolute Gasteiger partial charge is 0.337 e. The molecular formula is C15H27N5S. The molecule has 1 aromatic rings. The van der Waals surface area contributed by atoms with Gasteiger partial charge >= 0.3 is 0 Å². The summed E-state index contributed by atoms with van der Waals surface area (Å²) >= 11 is 5.52. The lowest BCUT2D eigenvalue weighted by Crippen LogP contribution is -2.41. The third kappa shape index (κ3) is 3.01. The molecule has 1 saturated heterocycles. The molecule has 0 amide bonds. The molecule has 2 heterocycles. The highest BCUT2D eigenvalue weighted by Crippen LogP contribution is 2.33. The first kappa shape index (κ1) is 15.0. The van der Waals surface area contributed by atoms with Crippen molar-refractivity contribution >= 4 is 18.2 Å². The van der Waals surface area contributed by atoms with Crippen molar-refractivity contribution in [3.8, 4) is 0 Å². The van der Waals surface area contributed by atoms with Crippen molar-refractivity contribution in [2.45, 2.75) is 57.5 Å². The maximum absolute atomic E-state index is 5.52. The number of H-pyrrole nitrogens is 1. The molecule has 2 aliphatic rings. The van der Waals surface area contributed by atoms with Crippen LogP contribution >= 0.6 is 12.2 Å². The standard InChI is InChI=1S/C15H27N5S/c1-3-12-11-18(2)9-6-10-19(12)14-16-17-15(21)20(14)13-7-4-5-8-13/h12-13H,3-11H2,1-2H3,(H,17,21).